The van der Waals surface area contributed by atoms with Crippen LogP contribution in [0.1, 0.15) is 12.0 Å². The van der Waals surface area contributed by atoms with Gasteiger partial charge in [0.1, 0.15) is 0 Å². The highest BCUT2D eigenvalue weighted by molar-refractivity contribution is 5.14. The lowest BCUT2D eigenvalue weighted by Crippen LogP contribution is -2.29. The van der Waals surface area contributed by atoms with Crippen molar-refractivity contribution in [2.75, 3.05) is 40.4 Å². The zero-order chi connectivity index (χ0) is 12.3. The second kappa shape index (κ2) is 9.16. The zero-order valence-corrected chi connectivity index (χ0v) is 11.0. The lowest BCUT2D eigenvalue weighted by molar-refractivity contribution is 0.143. The van der Waals surface area contributed by atoms with Gasteiger partial charge >= 0.3 is 0 Å². The molecule has 0 saturated carbocycles. The number of hydrogen-bond acceptors (Lipinski definition) is 3. The molecule has 0 spiro atoms. The molecule has 96 valence electrons. The molecule has 0 aliphatic heterocycles. The van der Waals surface area contributed by atoms with Gasteiger partial charge in [0.2, 0.25) is 0 Å². The largest absolute Gasteiger partial charge is 0.383 e. The number of nitrogens with zero attached hydrogens (tertiary/aromatic N) is 1. The van der Waals surface area contributed by atoms with Gasteiger partial charge in [-0.15, -0.1) is 0 Å². The summed E-state index contributed by atoms with van der Waals surface area (Å²) in [6.45, 7) is 4.98. The van der Waals surface area contributed by atoms with E-state index in [9.17, 15) is 0 Å². The van der Waals surface area contributed by atoms with Crippen LogP contribution in [0.5, 0.6) is 0 Å². The Bertz CT molecular complexity index is 277. The van der Waals surface area contributed by atoms with Crippen LogP contribution in [0.3, 0.4) is 0 Å². The Hall–Kier alpha value is -0.900. The van der Waals surface area contributed by atoms with Gasteiger partial charge in [0.25, 0.3) is 0 Å². The SMILES string of the molecule is CNCCCN(CCOC)Cc1ccccc1. The molecular weight excluding hydrogens is 212 g/mol. The van der Waals surface area contributed by atoms with Gasteiger partial charge in [0.05, 0.1) is 6.61 Å². The van der Waals surface area contributed by atoms with E-state index in [2.05, 4.69) is 40.5 Å². The van der Waals surface area contributed by atoms with E-state index in [1.807, 2.05) is 7.05 Å². The van der Waals surface area contributed by atoms with Gasteiger partial charge < -0.3 is 10.1 Å². The van der Waals surface area contributed by atoms with Crippen molar-refractivity contribution in [3.8, 4) is 0 Å². The van der Waals surface area contributed by atoms with Crippen LogP contribution in [0.25, 0.3) is 0 Å². The standard InChI is InChI=1S/C14H24N2O/c1-15-9-6-10-16(11-12-17-2)13-14-7-4-3-5-8-14/h3-5,7-8,15H,6,9-13H2,1-2H3. The van der Waals surface area contributed by atoms with E-state index >= 15 is 0 Å². The molecule has 0 aliphatic carbocycles. The summed E-state index contributed by atoms with van der Waals surface area (Å²) in [4.78, 5) is 2.44. The van der Waals surface area contributed by atoms with Gasteiger partial charge in [0.15, 0.2) is 0 Å². The van der Waals surface area contributed by atoms with E-state index in [0.29, 0.717) is 0 Å². The Balaban J connectivity index is 2.39. The van der Waals surface area contributed by atoms with E-state index in [1.165, 1.54) is 12.0 Å². The second-order valence-corrected chi connectivity index (χ2v) is 4.21. The third-order valence-corrected chi connectivity index (χ3v) is 2.76. The van der Waals surface area contributed by atoms with E-state index in [1.54, 1.807) is 7.11 Å². The molecular formula is C14H24N2O. The van der Waals surface area contributed by atoms with Gasteiger partial charge in [-0.05, 0) is 32.1 Å². The third-order valence-electron chi connectivity index (χ3n) is 2.76. The summed E-state index contributed by atoms with van der Waals surface area (Å²) in [5, 5.41) is 3.19. The average Bonchev–Trinajstić information content (AvgIpc) is 2.37. The molecule has 0 bridgehead atoms. The van der Waals surface area contributed by atoms with Crippen molar-refractivity contribution in [1.29, 1.82) is 0 Å². The first-order valence-electron chi connectivity index (χ1n) is 6.26. The van der Waals surface area contributed by atoms with Gasteiger partial charge in [-0.25, -0.2) is 0 Å². The fourth-order valence-electron chi connectivity index (χ4n) is 1.81. The maximum absolute atomic E-state index is 5.16. The monoisotopic (exact) mass is 236 g/mol. The fraction of sp³-hybridized carbons (Fsp3) is 0.571. The molecule has 0 saturated heterocycles. The number of ether oxygens (including phenoxy) is 1. The minimum absolute atomic E-state index is 0.798. The van der Waals surface area contributed by atoms with Crippen LogP contribution in [-0.4, -0.2) is 45.3 Å². The number of methoxy groups -OCH3 is 1. The van der Waals surface area contributed by atoms with Gasteiger partial charge in [-0.1, -0.05) is 30.3 Å². The van der Waals surface area contributed by atoms with E-state index in [0.717, 1.165) is 32.8 Å². The molecule has 0 amide bonds. The summed E-state index contributed by atoms with van der Waals surface area (Å²) in [7, 11) is 3.75. The number of rotatable bonds is 9. The van der Waals surface area contributed by atoms with Crippen molar-refractivity contribution < 1.29 is 4.74 Å². The highest BCUT2D eigenvalue weighted by atomic mass is 16.5. The van der Waals surface area contributed by atoms with Crippen LogP contribution in [0, 0.1) is 0 Å². The third kappa shape index (κ3) is 6.41. The summed E-state index contributed by atoms with van der Waals surface area (Å²) in [6, 6.07) is 10.6. The van der Waals surface area contributed by atoms with Crippen LogP contribution in [0.4, 0.5) is 0 Å². The van der Waals surface area contributed by atoms with Crippen LogP contribution >= 0.6 is 0 Å². The van der Waals surface area contributed by atoms with E-state index < -0.39 is 0 Å². The van der Waals surface area contributed by atoms with Gasteiger partial charge in [-0.3, -0.25) is 4.90 Å². The average molecular weight is 236 g/mol. The molecule has 1 aromatic carbocycles. The Morgan fingerprint density at radius 3 is 2.59 bits per heavy atom. The first-order valence-corrected chi connectivity index (χ1v) is 6.26. The highest BCUT2D eigenvalue weighted by Gasteiger charge is 2.04. The summed E-state index contributed by atoms with van der Waals surface area (Å²) in [5.41, 5.74) is 1.37. The molecule has 1 rings (SSSR count). The second-order valence-electron chi connectivity index (χ2n) is 4.21. The lowest BCUT2D eigenvalue weighted by Gasteiger charge is -2.22. The van der Waals surface area contributed by atoms with Crippen molar-refractivity contribution in [1.82, 2.24) is 10.2 Å². The Morgan fingerprint density at radius 2 is 1.94 bits per heavy atom. The number of nitrogens with one attached hydrogen (secondary N) is 1. The molecule has 0 radical (unpaired) electrons. The normalized spacial score (nSPS) is 11.0. The molecule has 0 atom stereocenters. The highest BCUT2D eigenvalue weighted by Crippen LogP contribution is 2.04. The predicted octanol–water partition coefficient (Wildman–Crippen LogP) is 1.74. The molecule has 1 N–H and O–H groups in total. The Morgan fingerprint density at radius 1 is 1.18 bits per heavy atom. The molecule has 3 heteroatoms. The quantitative estimate of drug-likeness (QED) is 0.661. The van der Waals surface area contributed by atoms with Crippen molar-refractivity contribution in [2.45, 2.75) is 13.0 Å². The number of hydrogen-bond donors (Lipinski definition) is 1. The van der Waals surface area contributed by atoms with Gasteiger partial charge in [0, 0.05) is 20.2 Å². The summed E-state index contributed by atoms with van der Waals surface area (Å²) >= 11 is 0. The minimum atomic E-state index is 0.798. The van der Waals surface area contributed by atoms with Crippen molar-refractivity contribution in [3.63, 3.8) is 0 Å². The van der Waals surface area contributed by atoms with Crippen LogP contribution in [-0.2, 0) is 11.3 Å². The smallest absolute Gasteiger partial charge is 0.0589 e. The molecule has 0 unspecified atom stereocenters. The first kappa shape index (κ1) is 14.2. The van der Waals surface area contributed by atoms with Crippen molar-refractivity contribution in [3.05, 3.63) is 35.9 Å². The van der Waals surface area contributed by atoms with Crippen LogP contribution in [0.15, 0.2) is 30.3 Å². The zero-order valence-electron chi connectivity index (χ0n) is 11.0. The fourth-order valence-corrected chi connectivity index (χ4v) is 1.81. The van der Waals surface area contributed by atoms with E-state index in [4.69, 9.17) is 4.74 Å². The van der Waals surface area contributed by atoms with E-state index in [-0.39, 0.29) is 0 Å². The van der Waals surface area contributed by atoms with Crippen molar-refractivity contribution in [2.24, 2.45) is 0 Å². The Labute approximate surface area is 105 Å². The molecule has 0 heterocycles. The first-order chi connectivity index (χ1) is 8.36. The van der Waals surface area contributed by atoms with Crippen LogP contribution < -0.4 is 5.32 Å². The molecule has 0 fully saturated rings. The summed E-state index contributed by atoms with van der Waals surface area (Å²) < 4.78 is 5.16. The van der Waals surface area contributed by atoms with Crippen LogP contribution in [0.2, 0.25) is 0 Å². The minimum Gasteiger partial charge on any atom is -0.383 e. The molecule has 0 aliphatic rings. The molecule has 17 heavy (non-hydrogen) atoms. The lowest BCUT2D eigenvalue weighted by atomic mass is 10.2. The predicted molar refractivity (Wildman–Crippen MR) is 72.1 cm³/mol. The summed E-state index contributed by atoms with van der Waals surface area (Å²) in [5.74, 6) is 0. The molecule has 1 aromatic rings. The molecule has 0 aromatic heterocycles. The Kier molecular flexibility index (Phi) is 7.63. The maximum atomic E-state index is 5.16. The van der Waals surface area contributed by atoms with Gasteiger partial charge in [-0.2, -0.15) is 0 Å². The van der Waals surface area contributed by atoms with Crippen molar-refractivity contribution >= 4 is 0 Å². The molecule has 3 nitrogen and oxygen atoms in total. The number of benzene rings is 1. The maximum Gasteiger partial charge on any atom is 0.0589 e. The summed E-state index contributed by atoms with van der Waals surface area (Å²) in [6.07, 6.45) is 1.17. The topological polar surface area (TPSA) is 24.5 Å².